The maximum Gasteiger partial charge on any atom is 0.317 e. The lowest BCUT2D eigenvalue weighted by Gasteiger charge is -2.30. The number of hydrogen-bond donors (Lipinski definition) is 2. The van der Waals surface area contributed by atoms with Gasteiger partial charge in [0.15, 0.2) is 0 Å². The fraction of sp³-hybridized carbons (Fsp3) is 0.577. The van der Waals surface area contributed by atoms with E-state index in [-0.39, 0.29) is 6.03 Å². The molecule has 1 aromatic carbocycles. The fourth-order valence-electron chi connectivity index (χ4n) is 5.67. The Balaban J connectivity index is 1.26. The molecule has 1 aliphatic carbocycles. The highest BCUT2D eigenvalue weighted by Crippen LogP contribution is 2.29. The van der Waals surface area contributed by atoms with Crippen LogP contribution in [-0.4, -0.2) is 59.6 Å². The molecule has 2 aliphatic heterocycles. The number of carbonyl (C=O) groups excluding carboxylic acids is 1. The molecule has 2 aromatic rings. The van der Waals surface area contributed by atoms with Crippen LogP contribution in [-0.2, 0) is 6.42 Å². The van der Waals surface area contributed by atoms with Crippen molar-refractivity contribution < 1.29 is 4.79 Å². The number of aromatic nitrogens is 1. The first-order valence-electron chi connectivity index (χ1n) is 12.2. The van der Waals surface area contributed by atoms with Crippen LogP contribution < -0.4 is 5.32 Å². The van der Waals surface area contributed by atoms with Crippen LogP contribution >= 0.6 is 0 Å². The van der Waals surface area contributed by atoms with E-state index in [1.54, 1.807) is 0 Å². The van der Waals surface area contributed by atoms with E-state index in [2.05, 4.69) is 52.7 Å². The molecule has 166 valence electrons. The molecular weight excluding hydrogens is 384 g/mol. The number of amides is 2. The summed E-state index contributed by atoms with van der Waals surface area (Å²) in [6, 6.07) is 7.96. The monoisotopic (exact) mass is 420 g/mol. The summed E-state index contributed by atoms with van der Waals surface area (Å²) in [6.07, 6.45) is 15.2. The predicted octanol–water partition coefficient (Wildman–Crippen LogP) is 4.94. The van der Waals surface area contributed by atoms with Crippen molar-refractivity contribution in [3.05, 3.63) is 41.6 Å². The van der Waals surface area contributed by atoms with Crippen molar-refractivity contribution in [1.82, 2.24) is 20.1 Å². The Bertz CT molecular complexity index is 955. The summed E-state index contributed by atoms with van der Waals surface area (Å²) in [5.74, 6) is 0. The Morgan fingerprint density at radius 3 is 2.74 bits per heavy atom. The molecule has 0 bridgehead atoms. The number of aromatic amines is 1. The van der Waals surface area contributed by atoms with Gasteiger partial charge in [-0.25, -0.2) is 4.79 Å². The van der Waals surface area contributed by atoms with Crippen LogP contribution in [0.4, 0.5) is 4.79 Å². The third-order valence-electron chi connectivity index (χ3n) is 7.69. The molecule has 1 saturated heterocycles. The summed E-state index contributed by atoms with van der Waals surface area (Å²) < 4.78 is 0. The number of carbonyl (C=O) groups is 1. The smallest absolute Gasteiger partial charge is 0.317 e. The summed E-state index contributed by atoms with van der Waals surface area (Å²) in [6.45, 7) is 2.73. The summed E-state index contributed by atoms with van der Waals surface area (Å²) in [7, 11) is 2.25. The highest BCUT2D eigenvalue weighted by atomic mass is 16.2. The highest BCUT2D eigenvalue weighted by Gasteiger charge is 2.24. The van der Waals surface area contributed by atoms with Crippen LogP contribution in [0.25, 0.3) is 16.5 Å². The molecule has 2 amide bonds. The molecule has 2 fully saturated rings. The Labute approximate surface area is 185 Å². The van der Waals surface area contributed by atoms with Gasteiger partial charge in [-0.15, -0.1) is 0 Å². The number of rotatable bonds is 4. The molecule has 5 rings (SSSR count). The summed E-state index contributed by atoms with van der Waals surface area (Å²) in [4.78, 5) is 20.6. The largest absolute Gasteiger partial charge is 0.361 e. The molecule has 31 heavy (non-hydrogen) atoms. The van der Waals surface area contributed by atoms with E-state index in [1.807, 2.05) is 4.90 Å². The van der Waals surface area contributed by atoms with Gasteiger partial charge in [-0.2, -0.15) is 0 Å². The van der Waals surface area contributed by atoms with Gasteiger partial charge < -0.3 is 20.1 Å². The van der Waals surface area contributed by atoms with E-state index in [1.165, 1.54) is 66.3 Å². The zero-order valence-electron chi connectivity index (χ0n) is 18.8. The average molecular weight is 421 g/mol. The first-order valence-corrected chi connectivity index (χ1v) is 12.2. The van der Waals surface area contributed by atoms with Crippen LogP contribution in [0.1, 0.15) is 62.5 Å². The van der Waals surface area contributed by atoms with Gasteiger partial charge in [0.05, 0.1) is 0 Å². The second-order valence-electron chi connectivity index (χ2n) is 9.76. The van der Waals surface area contributed by atoms with Crippen molar-refractivity contribution >= 4 is 22.5 Å². The van der Waals surface area contributed by atoms with Crippen LogP contribution in [0.3, 0.4) is 0 Å². The topological polar surface area (TPSA) is 51.4 Å². The molecule has 1 aromatic heterocycles. The van der Waals surface area contributed by atoms with E-state index < -0.39 is 0 Å². The Hall–Kier alpha value is -2.27. The van der Waals surface area contributed by atoms with Gasteiger partial charge in [0.25, 0.3) is 0 Å². The Morgan fingerprint density at radius 1 is 1.13 bits per heavy atom. The molecule has 1 atom stereocenters. The van der Waals surface area contributed by atoms with E-state index in [9.17, 15) is 4.79 Å². The molecule has 5 nitrogen and oxygen atoms in total. The van der Waals surface area contributed by atoms with Gasteiger partial charge in [0.1, 0.15) is 0 Å². The minimum Gasteiger partial charge on any atom is -0.361 e. The summed E-state index contributed by atoms with van der Waals surface area (Å²) in [5, 5.41) is 4.62. The minimum absolute atomic E-state index is 0.117. The van der Waals surface area contributed by atoms with E-state index in [0.717, 1.165) is 32.2 Å². The number of fused-ring (bicyclic) bond motifs is 1. The summed E-state index contributed by atoms with van der Waals surface area (Å²) in [5.41, 5.74) is 5.33. The molecule has 0 spiro atoms. The third-order valence-corrected chi connectivity index (χ3v) is 7.69. The second kappa shape index (κ2) is 9.07. The molecule has 0 unspecified atom stereocenters. The fourth-order valence-corrected chi connectivity index (χ4v) is 5.67. The second-order valence-corrected chi connectivity index (χ2v) is 9.76. The van der Waals surface area contributed by atoms with E-state index in [0.29, 0.717) is 18.6 Å². The summed E-state index contributed by atoms with van der Waals surface area (Å²) >= 11 is 0. The molecule has 5 heteroatoms. The standard InChI is InChI=1S/C26H36N4O/c1-29-13-5-8-23(29)16-21-18-27-25-10-9-20(17-24(21)25)19-11-14-30(15-12-19)26(31)28-22-6-3-2-4-7-22/h9-11,17-18,22-23,27H,2-8,12-16H2,1H3,(H,28,31)/t23-/m1/s1. The number of H-pyrrole nitrogens is 1. The van der Waals surface area contributed by atoms with Gasteiger partial charge in [-0.05, 0) is 81.0 Å². The highest BCUT2D eigenvalue weighted by molar-refractivity contribution is 5.87. The van der Waals surface area contributed by atoms with Crippen molar-refractivity contribution in [3.63, 3.8) is 0 Å². The normalized spacial score (nSPS) is 23.3. The number of nitrogens with one attached hydrogen (secondary N) is 2. The molecule has 0 radical (unpaired) electrons. The quantitative estimate of drug-likeness (QED) is 0.736. The van der Waals surface area contributed by atoms with Crippen LogP contribution in [0.5, 0.6) is 0 Å². The van der Waals surface area contributed by atoms with Crippen LogP contribution in [0, 0.1) is 0 Å². The molecule has 3 heterocycles. The van der Waals surface area contributed by atoms with E-state index >= 15 is 0 Å². The van der Waals surface area contributed by atoms with Gasteiger partial charge in [0, 0.05) is 42.3 Å². The average Bonchev–Trinajstić information content (AvgIpc) is 3.40. The molecule has 2 N–H and O–H groups in total. The molecule has 3 aliphatic rings. The number of likely N-dealkylation sites (tertiary alicyclic amines) is 1. The SMILES string of the molecule is CN1CCC[C@@H]1Cc1c[nH]c2ccc(C3=CCN(C(=O)NC4CCCCC4)CC3)cc12. The lowest BCUT2D eigenvalue weighted by Crippen LogP contribution is -2.46. The lowest BCUT2D eigenvalue weighted by atomic mass is 9.95. The minimum atomic E-state index is 0.117. The number of nitrogens with zero attached hydrogens (tertiary/aromatic N) is 2. The number of likely N-dealkylation sites (N-methyl/N-ethyl adjacent to an activating group) is 1. The van der Waals surface area contributed by atoms with Crippen molar-refractivity contribution in [2.24, 2.45) is 0 Å². The lowest BCUT2D eigenvalue weighted by molar-refractivity contribution is 0.195. The molecular formula is C26H36N4O. The number of urea groups is 1. The van der Waals surface area contributed by atoms with Crippen molar-refractivity contribution in [1.29, 1.82) is 0 Å². The zero-order chi connectivity index (χ0) is 21.2. The number of benzene rings is 1. The van der Waals surface area contributed by atoms with Crippen molar-refractivity contribution in [3.8, 4) is 0 Å². The van der Waals surface area contributed by atoms with Gasteiger partial charge in [-0.3, -0.25) is 0 Å². The number of hydrogen-bond acceptors (Lipinski definition) is 2. The van der Waals surface area contributed by atoms with Crippen molar-refractivity contribution in [2.75, 3.05) is 26.7 Å². The predicted molar refractivity (Wildman–Crippen MR) is 127 cm³/mol. The zero-order valence-corrected chi connectivity index (χ0v) is 18.8. The Kier molecular flexibility index (Phi) is 6.04. The van der Waals surface area contributed by atoms with Crippen LogP contribution in [0.15, 0.2) is 30.5 Å². The third kappa shape index (κ3) is 4.52. The maximum atomic E-state index is 12.7. The first kappa shape index (κ1) is 20.6. The first-order chi connectivity index (χ1) is 15.2. The van der Waals surface area contributed by atoms with Crippen LogP contribution in [0.2, 0.25) is 0 Å². The Morgan fingerprint density at radius 2 is 2.00 bits per heavy atom. The van der Waals surface area contributed by atoms with Gasteiger partial charge >= 0.3 is 6.03 Å². The van der Waals surface area contributed by atoms with Crippen molar-refractivity contribution in [2.45, 2.75) is 69.9 Å². The van der Waals surface area contributed by atoms with Gasteiger partial charge in [-0.1, -0.05) is 31.4 Å². The van der Waals surface area contributed by atoms with Gasteiger partial charge in [0.2, 0.25) is 0 Å². The molecule has 1 saturated carbocycles. The van der Waals surface area contributed by atoms with E-state index in [4.69, 9.17) is 0 Å². The maximum absolute atomic E-state index is 12.7.